The van der Waals surface area contributed by atoms with Crippen molar-refractivity contribution in [3.8, 4) is 11.5 Å². The minimum atomic E-state index is -0.00937. The largest absolute Gasteiger partial charge is 0.497 e. The van der Waals surface area contributed by atoms with Gasteiger partial charge < -0.3 is 9.47 Å². The highest BCUT2D eigenvalue weighted by molar-refractivity contribution is 5.32. The van der Waals surface area contributed by atoms with E-state index in [0.29, 0.717) is 6.54 Å². The minimum Gasteiger partial charge on any atom is -0.497 e. The third kappa shape index (κ3) is 4.93. The van der Waals surface area contributed by atoms with Crippen molar-refractivity contribution in [1.29, 1.82) is 0 Å². The summed E-state index contributed by atoms with van der Waals surface area (Å²) in [6.07, 6.45) is 5.45. The molecule has 180 valence electrons. The molecule has 1 aliphatic carbocycles. The highest BCUT2D eigenvalue weighted by atomic mass is 16.5. The Labute approximate surface area is 201 Å². The van der Waals surface area contributed by atoms with E-state index in [1.807, 2.05) is 28.9 Å². The van der Waals surface area contributed by atoms with Crippen molar-refractivity contribution in [3.05, 3.63) is 65.5 Å². The molecule has 0 bridgehead atoms. The van der Waals surface area contributed by atoms with Gasteiger partial charge in [0, 0.05) is 32.2 Å². The van der Waals surface area contributed by atoms with Gasteiger partial charge in [-0.1, -0.05) is 37.1 Å². The van der Waals surface area contributed by atoms with Gasteiger partial charge in [-0.2, -0.15) is 0 Å². The Balaban J connectivity index is 1.40. The van der Waals surface area contributed by atoms with Crippen LogP contribution < -0.4 is 9.47 Å². The molecule has 34 heavy (non-hydrogen) atoms. The Morgan fingerprint density at radius 1 is 0.853 bits per heavy atom. The molecule has 8 nitrogen and oxygen atoms in total. The second-order valence-electron chi connectivity index (χ2n) is 9.23. The number of benzene rings is 2. The molecule has 0 amide bonds. The monoisotopic (exact) mass is 462 g/mol. The van der Waals surface area contributed by atoms with Crippen LogP contribution in [-0.4, -0.2) is 76.4 Å². The lowest BCUT2D eigenvalue weighted by Crippen LogP contribution is -2.51. The maximum atomic E-state index is 5.40. The lowest BCUT2D eigenvalue weighted by Gasteiger charge is -2.41. The molecule has 3 aromatic rings. The van der Waals surface area contributed by atoms with Crippen LogP contribution in [-0.2, 0) is 6.54 Å². The molecular formula is C26H34N6O2. The van der Waals surface area contributed by atoms with E-state index in [1.165, 1.54) is 31.2 Å². The first-order valence-electron chi connectivity index (χ1n) is 12.3. The topological polar surface area (TPSA) is 68.5 Å². The number of hydrogen-bond acceptors (Lipinski definition) is 7. The summed E-state index contributed by atoms with van der Waals surface area (Å²) in [5.74, 6) is 2.57. The number of rotatable bonds is 8. The second kappa shape index (κ2) is 10.5. The molecule has 5 rings (SSSR count). The molecule has 0 radical (unpaired) electrons. The van der Waals surface area contributed by atoms with Crippen molar-refractivity contribution in [2.45, 2.75) is 44.3 Å². The summed E-state index contributed by atoms with van der Waals surface area (Å²) in [5.41, 5.74) is 2.31. The molecule has 0 N–H and O–H groups in total. The molecule has 1 aliphatic heterocycles. The summed E-state index contributed by atoms with van der Waals surface area (Å²) in [6.45, 7) is 4.81. The second-order valence-corrected chi connectivity index (χ2v) is 9.23. The normalized spacial score (nSPS) is 18.8. The summed E-state index contributed by atoms with van der Waals surface area (Å²) in [6, 6.07) is 17.2. The number of ether oxygens (including phenoxy) is 2. The molecule has 2 aliphatic rings. The zero-order valence-electron chi connectivity index (χ0n) is 20.1. The van der Waals surface area contributed by atoms with Crippen LogP contribution in [0.1, 0.15) is 48.7 Å². The van der Waals surface area contributed by atoms with Crippen molar-refractivity contribution in [3.63, 3.8) is 0 Å². The highest BCUT2D eigenvalue weighted by Crippen LogP contribution is 2.31. The van der Waals surface area contributed by atoms with Crippen LogP contribution in [0.25, 0.3) is 0 Å². The highest BCUT2D eigenvalue weighted by Gasteiger charge is 2.33. The van der Waals surface area contributed by atoms with Crippen LogP contribution >= 0.6 is 0 Å². The number of tetrazole rings is 1. The smallest absolute Gasteiger partial charge is 0.173 e. The Kier molecular flexibility index (Phi) is 7.06. The number of methoxy groups -OCH3 is 2. The number of aromatic nitrogens is 4. The fraction of sp³-hybridized carbons (Fsp3) is 0.500. The molecule has 0 spiro atoms. The van der Waals surface area contributed by atoms with Gasteiger partial charge in [-0.15, -0.1) is 5.10 Å². The van der Waals surface area contributed by atoms with Crippen LogP contribution in [0.3, 0.4) is 0 Å². The molecule has 2 aromatic carbocycles. The Bertz CT molecular complexity index is 1040. The number of nitrogens with zero attached hydrogens (tertiary/aromatic N) is 6. The lowest BCUT2D eigenvalue weighted by atomic mass is 10.0. The van der Waals surface area contributed by atoms with Gasteiger partial charge >= 0.3 is 0 Å². The van der Waals surface area contributed by atoms with E-state index in [-0.39, 0.29) is 6.04 Å². The van der Waals surface area contributed by atoms with Gasteiger partial charge in [0.15, 0.2) is 5.82 Å². The van der Waals surface area contributed by atoms with Crippen LogP contribution in [0.5, 0.6) is 11.5 Å². The fourth-order valence-electron chi connectivity index (χ4n) is 5.36. The van der Waals surface area contributed by atoms with Crippen molar-refractivity contribution in [1.82, 2.24) is 30.0 Å². The summed E-state index contributed by atoms with van der Waals surface area (Å²) < 4.78 is 12.6. The first-order chi connectivity index (χ1) is 16.7. The molecule has 1 saturated heterocycles. The summed E-state index contributed by atoms with van der Waals surface area (Å²) in [5, 5.41) is 13.0. The van der Waals surface area contributed by atoms with Crippen LogP contribution in [0.2, 0.25) is 0 Å². The van der Waals surface area contributed by atoms with Gasteiger partial charge in [-0.25, -0.2) is 4.68 Å². The van der Waals surface area contributed by atoms with Gasteiger partial charge in [-0.3, -0.25) is 9.80 Å². The van der Waals surface area contributed by atoms with Crippen molar-refractivity contribution >= 4 is 0 Å². The SMILES string of the molecule is COc1ccc(Cn2nnnc2C(c2ccc(OC)cc2)N2CCN(C3CCCC3)CC2)cc1. The molecular weight excluding hydrogens is 428 g/mol. The molecule has 1 unspecified atom stereocenters. The molecule has 2 fully saturated rings. The molecule has 1 saturated carbocycles. The standard InChI is InChI=1S/C26H34N6O2/c1-33-23-11-7-20(8-12-23)19-32-26(27-28-29-32)25(21-9-13-24(34-2)14-10-21)31-17-15-30(16-18-31)22-5-3-4-6-22/h7-14,22,25H,3-6,15-19H2,1-2H3. The van der Waals surface area contributed by atoms with Crippen LogP contribution in [0, 0.1) is 0 Å². The van der Waals surface area contributed by atoms with E-state index in [1.54, 1.807) is 14.2 Å². The Morgan fingerprint density at radius 3 is 2.09 bits per heavy atom. The lowest BCUT2D eigenvalue weighted by molar-refractivity contribution is 0.0771. The van der Waals surface area contributed by atoms with Gasteiger partial charge in [0.05, 0.1) is 26.8 Å². The van der Waals surface area contributed by atoms with E-state index in [4.69, 9.17) is 9.47 Å². The third-order valence-corrected chi connectivity index (χ3v) is 7.28. The molecule has 1 atom stereocenters. The van der Waals surface area contributed by atoms with E-state index in [0.717, 1.165) is 55.1 Å². The Hall–Kier alpha value is -2.97. The van der Waals surface area contributed by atoms with Crippen LogP contribution in [0.4, 0.5) is 0 Å². The van der Waals surface area contributed by atoms with Crippen LogP contribution in [0.15, 0.2) is 48.5 Å². The van der Waals surface area contributed by atoms with Crippen molar-refractivity contribution < 1.29 is 9.47 Å². The van der Waals surface area contributed by atoms with Crippen molar-refractivity contribution in [2.24, 2.45) is 0 Å². The van der Waals surface area contributed by atoms with Crippen molar-refractivity contribution in [2.75, 3.05) is 40.4 Å². The van der Waals surface area contributed by atoms with E-state index in [2.05, 4.69) is 49.6 Å². The number of piperazine rings is 1. The average molecular weight is 463 g/mol. The fourth-order valence-corrected chi connectivity index (χ4v) is 5.36. The zero-order chi connectivity index (χ0) is 23.3. The van der Waals surface area contributed by atoms with E-state index in [9.17, 15) is 0 Å². The van der Waals surface area contributed by atoms with Gasteiger partial charge in [0.1, 0.15) is 11.5 Å². The Morgan fingerprint density at radius 2 is 1.47 bits per heavy atom. The summed E-state index contributed by atoms with van der Waals surface area (Å²) >= 11 is 0. The molecule has 2 heterocycles. The van der Waals surface area contributed by atoms with Gasteiger partial charge in [0.2, 0.25) is 0 Å². The number of hydrogen-bond donors (Lipinski definition) is 0. The van der Waals surface area contributed by atoms with E-state index >= 15 is 0 Å². The maximum absolute atomic E-state index is 5.40. The predicted octanol–water partition coefficient (Wildman–Crippen LogP) is 3.39. The van der Waals surface area contributed by atoms with Gasteiger partial charge in [-0.05, 0) is 58.7 Å². The maximum Gasteiger partial charge on any atom is 0.173 e. The molecule has 1 aromatic heterocycles. The quantitative estimate of drug-likeness (QED) is 0.508. The predicted molar refractivity (Wildman–Crippen MR) is 130 cm³/mol. The van der Waals surface area contributed by atoms with E-state index < -0.39 is 0 Å². The average Bonchev–Trinajstić information content (AvgIpc) is 3.59. The summed E-state index contributed by atoms with van der Waals surface area (Å²) in [4.78, 5) is 5.22. The third-order valence-electron chi connectivity index (χ3n) is 7.28. The molecule has 8 heteroatoms. The van der Waals surface area contributed by atoms with Gasteiger partial charge in [0.25, 0.3) is 0 Å². The first-order valence-corrected chi connectivity index (χ1v) is 12.3. The minimum absolute atomic E-state index is 0.00937. The first kappa shape index (κ1) is 22.8. The zero-order valence-corrected chi connectivity index (χ0v) is 20.1. The summed E-state index contributed by atoms with van der Waals surface area (Å²) in [7, 11) is 3.38.